The van der Waals surface area contributed by atoms with E-state index in [-0.39, 0.29) is 24.8 Å². The summed E-state index contributed by atoms with van der Waals surface area (Å²) in [5.74, 6) is -0.520. The van der Waals surface area contributed by atoms with Crippen molar-refractivity contribution in [2.45, 2.75) is 0 Å². The van der Waals surface area contributed by atoms with E-state index in [9.17, 15) is 9.59 Å². The first-order valence-electron chi connectivity index (χ1n) is 8.00. The van der Waals surface area contributed by atoms with E-state index < -0.39 is 0 Å². The van der Waals surface area contributed by atoms with Gasteiger partial charge in [-0.05, 0) is 37.4 Å². The number of aliphatic hydroxyl groups excluding tert-OH is 1. The van der Waals surface area contributed by atoms with Crippen LogP contribution in [0.15, 0.2) is 42.5 Å². The highest BCUT2D eigenvalue weighted by Gasteiger charge is 2.22. The Kier molecular flexibility index (Phi) is 7.17. The van der Waals surface area contributed by atoms with Crippen LogP contribution in [0.25, 0.3) is 0 Å². The zero-order valence-electron chi connectivity index (χ0n) is 14.6. The number of aliphatic hydroxyl groups is 1. The van der Waals surface area contributed by atoms with Crippen LogP contribution in [0.5, 0.6) is 0 Å². The summed E-state index contributed by atoms with van der Waals surface area (Å²) in [6.45, 7) is 0.454. The van der Waals surface area contributed by atoms with Gasteiger partial charge in [0.05, 0.1) is 23.9 Å². The molecule has 2 aromatic rings. The number of carbonyl (C=O) groups is 2. The van der Waals surface area contributed by atoms with Gasteiger partial charge in [-0.1, -0.05) is 35.3 Å². The SMILES string of the molecule is CN(CCO)CC(=O)N(C)c1ccc(Cl)cc1C(=O)c1ccccc1Cl. The molecule has 0 aliphatic carbocycles. The number of hydrogen-bond donors (Lipinski definition) is 1. The van der Waals surface area contributed by atoms with Gasteiger partial charge in [0, 0.05) is 29.7 Å². The van der Waals surface area contributed by atoms with Gasteiger partial charge in [-0.15, -0.1) is 0 Å². The fraction of sp³-hybridized carbons (Fsp3) is 0.263. The maximum Gasteiger partial charge on any atom is 0.240 e. The molecule has 5 nitrogen and oxygen atoms in total. The van der Waals surface area contributed by atoms with E-state index in [1.165, 1.54) is 11.0 Å². The first-order chi connectivity index (χ1) is 12.3. The molecule has 0 saturated heterocycles. The molecule has 0 radical (unpaired) electrons. The minimum absolute atomic E-state index is 0.0370. The van der Waals surface area contributed by atoms with E-state index in [4.69, 9.17) is 28.3 Å². The van der Waals surface area contributed by atoms with Crippen LogP contribution in [0.3, 0.4) is 0 Å². The van der Waals surface area contributed by atoms with Crippen molar-refractivity contribution in [3.63, 3.8) is 0 Å². The van der Waals surface area contributed by atoms with Gasteiger partial charge < -0.3 is 10.0 Å². The lowest BCUT2D eigenvalue weighted by Crippen LogP contribution is -2.38. The molecule has 26 heavy (non-hydrogen) atoms. The molecule has 0 heterocycles. The van der Waals surface area contributed by atoms with Crippen LogP contribution in [0, 0.1) is 0 Å². The smallest absolute Gasteiger partial charge is 0.240 e. The van der Waals surface area contributed by atoms with Crippen molar-refractivity contribution in [3.05, 3.63) is 63.6 Å². The zero-order valence-corrected chi connectivity index (χ0v) is 16.1. The molecule has 1 N–H and O–H groups in total. The normalized spacial score (nSPS) is 10.8. The van der Waals surface area contributed by atoms with E-state index in [1.54, 1.807) is 55.4 Å². The fourth-order valence-corrected chi connectivity index (χ4v) is 2.89. The predicted molar refractivity (Wildman–Crippen MR) is 104 cm³/mol. The first-order valence-corrected chi connectivity index (χ1v) is 8.75. The molecule has 0 aliphatic heterocycles. The molecule has 0 unspecified atom stereocenters. The maximum atomic E-state index is 13.0. The number of ketones is 1. The molecule has 0 bridgehead atoms. The van der Waals surface area contributed by atoms with Crippen LogP contribution < -0.4 is 4.90 Å². The number of rotatable bonds is 7. The van der Waals surface area contributed by atoms with Gasteiger partial charge in [0.15, 0.2) is 5.78 Å². The van der Waals surface area contributed by atoms with Gasteiger partial charge >= 0.3 is 0 Å². The Labute approximate surface area is 162 Å². The first kappa shape index (κ1) is 20.4. The molecule has 7 heteroatoms. The lowest BCUT2D eigenvalue weighted by atomic mass is 10.0. The van der Waals surface area contributed by atoms with Gasteiger partial charge in [-0.2, -0.15) is 0 Å². The second-order valence-corrected chi connectivity index (χ2v) is 6.73. The monoisotopic (exact) mass is 394 g/mol. The van der Waals surface area contributed by atoms with Crippen LogP contribution in [0.2, 0.25) is 10.0 Å². The lowest BCUT2D eigenvalue weighted by molar-refractivity contribution is -0.119. The standard InChI is InChI=1S/C19H20Cl2N2O3/c1-22(9-10-24)12-18(25)23(2)17-8-7-13(20)11-15(17)19(26)14-5-3-4-6-16(14)21/h3-8,11,24H,9-10,12H2,1-2H3. The molecular formula is C19H20Cl2N2O3. The Balaban J connectivity index is 2.37. The highest BCUT2D eigenvalue weighted by atomic mass is 35.5. The van der Waals surface area contributed by atoms with Gasteiger partial charge in [0.1, 0.15) is 0 Å². The summed E-state index contributed by atoms with van der Waals surface area (Å²) in [6, 6.07) is 11.5. The van der Waals surface area contributed by atoms with E-state index in [0.717, 1.165) is 0 Å². The molecule has 2 rings (SSSR count). The van der Waals surface area contributed by atoms with E-state index in [0.29, 0.717) is 33.4 Å². The molecule has 138 valence electrons. The Morgan fingerprint density at radius 1 is 1.04 bits per heavy atom. The second kappa shape index (κ2) is 9.14. The Morgan fingerprint density at radius 3 is 2.38 bits per heavy atom. The van der Waals surface area contributed by atoms with Crippen LogP contribution in [-0.2, 0) is 4.79 Å². The number of amides is 1. The van der Waals surface area contributed by atoms with Crippen LogP contribution in [0.4, 0.5) is 5.69 Å². The quantitative estimate of drug-likeness (QED) is 0.732. The maximum absolute atomic E-state index is 13.0. The molecule has 2 aromatic carbocycles. The average molecular weight is 395 g/mol. The molecule has 0 fully saturated rings. The van der Waals surface area contributed by atoms with Crippen LogP contribution in [-0.4, -0.2) is 55.5 Å². The largest absolute Gasteiger partial charge is 0.395 e. The number of anilines is 1. The van der Waals surface area contributed by atoms with Crippen molar-refractivity contribution in [1.82, 2.24) is 4.90 Å². The molecular weight excluding hydrogens is 375 g/mol. The summed E-state index contributed by atoms with van der Waals surface area (Å²) >= 11 is 12.2. The Morgan fingerprint density at radius 2 is 1.73 bits per heavy atom. The summed E-state index contributed by atoms with van der Waals surface area (Å²) < 4.78 is 0. The van der Waals surface area contributed by atoms with E-state index in [2.05, 4.69) is 0 Å². The predicted octanol–water partition coefficient (Wildman–Crippen LogP) is 3.11. The number of likely N-dealkylation sites (N-methyl/N-ethyl adjacent to an activating group) is 2. The third-order valence-corrected chi connectivity index (χ3v) is 4.51. The highest BCUT2D eigenvalue weighted by Crippen LogP contribution is 2.28. The van der Waals surface area contributed by atoms with E-state index in [1.807, 2.05) is 0 Å². The number of halogens is 2. The van der Waals surface area contributed by atoms with Crippen molar-refractivity contribution in [2.75, 3.05) is 38.7 Å². The van der Waals surface area contributed by atoms with Crippen molar-refractivity contribution in [3.8, 4) is 0 Å². The minimum Gasteiger partial charge on any atom is -0.395 e. The summed E-state index contributed by atoms with van der Waals surface area (Å²) in [5.41, 5.74) is 1.09. The van der Waals surface area contributed by atoms with Crippen molar-refractivity contribution in [2.24, 2.45) is 0 Å². The summed E-state index contributed by atoms with van der Waals surface area (Å²) in [7, 11) is 3.33. The summed E-state index contributed by atoms with van der Waals surface area (Å²) in [5, 5.41) is 9.69. The van der Waals surface area contributed by atoms with Crippen molar-refractivity contribution >= 4 is 40.6 Å². The fourth-order valence-electron chi connectivity index (χ4n) is 2.49. The number of benzene rings is 2. The minimum atomic E-state index is -0.309. The van der Waals surface area contributed by atoms with Crippen LogP contribution >= 0.6 is 23.2 Å². The molecule has 1 amide bonds. The van der Waals surface area contributed by atoms with Gasteiger partial charge in [0.2, 0.25) is 5.91 Å². The lowest BCUT2D eigenvalue weighted by Gasteiger charge is -2.23. The molecule has 0 saturated carbocycles. The van der Waals surface area contributed by atoms with Crippen molar-refractivity contribution in [1.29, 1.82) is 0 Å². The highest BCUT2D eigenvalue weighted by molar-refractivity contribution is 6.36. The number of nitrogens with zero attached hydrogens (tertiary/aromatic N) is 2. The zero-order chi connectivity index (χ0) is 19.3. The van der Waals surface area contributed by atoms with Gasteiger partial charge in [0.25, 0.3) is 0 Å². The third-order valence-electron chi connectivity index (χ3n) is 3.94. The average Bonchev–Trinajstić information content (AvgIpc) is 2.61. The van der Waals surface area contributed by atoms with Gasteiger partial charge in [-0.25, -0.2) is 0 Å². The van der Waals surface area contributed by atoms with Crippen molar-refractivity contribution < 1.29 is 14.7 Å². The Hall–Kier alpha value is -1.92. The third kappa shape index (κ3) is 4.83. The van der Waals surface area contributed by atoms with Crippen LogP contribution in [0.1, 0.15) is 15.9 Å². The molecule has 0 spiro atoms. The molecule has 0 aliphatic rings. The summed E-state index contributed by atoms with van der Waals surface area (Å²) in [4.78, 5) is 28.6. The topological polar surface area (TPSA) is 60.9 Å². The molecule has 0 aromatic heterocycles. The second-order valence-electron chi connectivity index (χ2n) is 5.88. The summed E-state index contributed by atoms with van der Waals surface area (Å²) in [6.07, 6.45) is 0. The van der Waals surface area contributed by atoms with E-state index >= 15 is 0 Å². The number of hydrogen-bond acceptors (Lipinski definition) is 4. The number of carbonyl (C=O) groups excluding carboxylic acids is 2. The van der Waals surface area contributed by atoms with Gasteiger partial charge in [-0.3, -0.25) is 14.5 Å². The molecule has 0 atom stereocenters. The Bertz CT molecular complexity index is 811.